The molecule has 0 amide bonds. The lowest BCUT2D eigenvalue weighted by Gasteiger charge is -2.35. The molecule has 2 atom stereocenters. The molecule has 2 aromatic carbocycles. The zero-order chi connectivity index (χ0) is 20.3. The topological polar surface area (TPSA) is 56.9 Å². The van der Waals surface area contributed by atoms with E-state index in [4.69, 9.17) is 0 Å². The molecular formula is C25H27N3O. The molecule has 0 saturated heterocycles. The molecule has 2 heterocycles. The van der Waals surface area contributed by atoms with Crippen molar-refractivity contribution in [1.82, 2.24) is 4.98 Å². The lowest BCUT2D eigenvalue weighted by atomic mass is 9.72. The summed E-state index contributed by atoms with van der Waals surface area (Å²) < 4.78 is 0. The summed E-state index contributed by atoms with van der Waals surface area (Å²) in [4.78, 5) is 16.8. The van der Waals surface area contributed by atoms with E-state index in [9.17, 15) is 4.79 Å². The van der Waals surface area contributed by atoms with Crippen molar-refractivity contribution in [2.24, 2.45) is 11.3 Å². The van der Waals surface area contributed by atoms with Crippen LogP contribution < -0.4 is 10.6 Å². The molecule has 0 bridgehead atoms. The molecule has 0 radical (unpaired) electrons. The first-order valence-corrected chi connectivity index (χ1v) is 10.3. The van der Waals surface area contributed by atoms with Crippen molar-refractivity contribution in [3.8, 4) is 0 Å². The summed E-state index contributed by atoms with van der Waals surface area (Å²) in [5, 5.41) is 8.52. The highest BCUT2D eigenvalue weighted by atomic mass is 16.1. The van der Waals surface area contributed by atoms with E-state index in [0.717, 1.165) is 33.5 Å². The van der Waals surface area contributed by atoms with Gasteiger partial charge in [-0.15, -0.1) is 0 Å². The number of H-pyrrole nitrogens is 1. The Bertz CT molecular complexity index is 1170. The Labute approximate surface area is 171 Å². The fourth-order valence-corrected chi connectivity index (χ4v) is 4.83. The zero-order valence-electron chi connectivity index (χ0n) is 17.4. The lowest BCUT2D eigenvalue weighted by molar-refractivity contribution is -0.124. The van der Waals surface area contributed by atoms with Gasteiger partial charge in [-0.1, -0.05) is 38.1 Å². The average Bonchev–Trinajstić information content (AvgIpc) is 3.00. The van der Waals surface area contributed by atoms with Crippen molar-refractivity contribution < 1.29 is 4.79 Å². The summed E-state index contributed by atoms with van der Waals surface area (Å²) in [6, 6.07) is 12.5. The molecule has 5 rings (SSSR count). The summed E-state index contributed by atoms with van der Waals surface area (Å²) >= 11 is 0. The van der Waals surface area contributed by atoms with Gasteiger partial charge in [0.25, 0.3) is 0 Å². The molecule has 2 aliphatic rings. The van der Waals surface area contributed by atoms with Gasteiger partial charge >= 0.3 is 0 Å². The van der Waals surface area contributed by atoms with Crippen molar-refractivity contribution in [3.63, 3.8) is 0 Å². The van der Waals surface area contributed by atoms with Crippen LogP contribution in [0, 0.1) is 25.2 Å². The molecule has 0 unspecified atom stereocenters. The van der Waals surface area contributed by atoms with Gasteiger partial charge < -0.3 is 15.6 Å². The molecule has 0 spiro atoms. The molecule has 4 heteroatoms. The maximum atomic E-state index is 13.4. The fourth-order valence-electron chi connectivity index (χ4n) is 4.83. The zero-order valence-corrected chi connectivity index (χ0v) is 17.4. The molecule has 29 heavy (non-hydrogen) atoms. The number of ketones is 1. The number of anilines is 2. The second-order valence-electron chi connectivity index (χ2n) is 9.23. The Morgan fingerprint density at radius 3 is 2.55 bits per heavy atom. The number of aromatic nitrogens is 1. The number of carbonyl (C=O) groups is 1. The minimum Gasteiger partial charge on any atom is -0.375 e. The average molecular weight is 386 g/mol. The van der Waals surface area contributed by atoms with Gasteiger partial charge in [0, 0.05) is 34.8 Å². The minimum absolute atomic E-state index is 0.128. The van der Waals surface area contributed by atoms with Gasteiger partial charge in [0.1, 0.15) is 5.78 Å². The highest BCUT2D eigenvalue weighted by Gasteiger charge is 2.42. The molecule has 1 aromatic heterocycles. The van der Waals surface area contributed by atoms with Crippen molar-refractivity contribution in [1.29, 1.82) is 0 Å². The maximum Gasteiger partial charge on any atom is 0.145 e. The number of nitrogens with one attached hydrogen (secondary N) is 3. The summed E-state index contributed by atoms with van der Waals surface area (Å²) in [5.74, 6) is 0.0410. The van der Waals surface area contributed by atoms with Gasteiger partial charge in [0.05, 0.1) is 23.3 Å². The van der Waals surface area contributed by atoms with Gasteiger partial charge in [0.2, 0.25) is 0 Å². The van der Waals surface area contributed by atoms with Crippen LogP contribution in [0.1, 0.15) is 43.0 Å². The third-order valence-corrected chi connectivity index (χ3v) is 6.37. The highest BCUT2D eigenvalue weighted by Crippen LogP contribution is 2.46. The third kappa shape index (κ3) is 2.94. The second-order valence-corrected chi connectivity index (χ2v) is 9.23. The van der Waals surface area contributed by atoms with Gasteiger partial charge in [0.15, 0.2) is 0 Å². The summed E-state index contributed by atoms with van der Waals surface area (Å²) in [7, 11) is 0. The van der Waals surface area contributed by atoms with Crippen LogP contribution in [0.5, 0.6) is 0 Å². The summed E-state index contributed by atoms with van der Waals surface area (Å²) in [6.07, 6.45) is 4.86. The molecule has 3 aromatic rings. The number of para-hydroxylation sites is 1. The molecule has 1 aliphatic heterocycles. The Balaban J connectivity index is 1.74. The van der Waals surface area contributed by atoms with Crippen molar-refractivity contribution in [2.45, 2.75) is 40.2 Å². The van der Waals surface area contributed by atoms with Crippen LogP contribution in [0.4, 0.5) is 11.4 Å². The van der Waals surface area contributed by atoms with Gasteiger partial charge in [-0.25, -0.2) is 0 Å². The number of hydrogen-bond donors (Lipinski definition) is 3. The van der Waals surface area contributed by atoms with E-state index in [0.29, 0.717) is 6.42 Å². The number of aryl methyl sites for hydroxylation is 2. The number of carbonyl (C=O) groups excluding carboxylic acids is 1. The molecule has 4 nitrogen and oxygen atoms in total. The quantitative estimate of drug-likeness (QED) is 0.491. The SMILES string of the molecule is Cc1cc2c(cc1C)N[C@@H](c1c[nH]c3ccccc13)[C@H]1C(=O)CC(C)(C)C=C1N2. The Morgan fingerprint density at radius 1 is 1.03 bits per heavy atom. The molecule has 1 aliphatic carbocycles. The molecule has 0 saturated carbocycles. The molecule has 3 N–H and O–H groups in total. The number of Topliss-reactive ketones (excluding diaryl/α,β-unsaturated/α-hetero) is 1. The van der Waals surface area contributed by atoms with Crippen LogP contribution in [0.2, 0.25) is 0 Å². The monoisotopic (exact) mass is 385 g/mol. The van der Waals surface area contributed by atoms with Crippen LogP contribution in [-0.2, 0) is 4.79 Å². The smallest absolute Gasteiger partial charge is 0.145 e. The number of rotatable bonds is 1. The Kier molecular flexibility index (Phi) is 3.89. The predicted octanol–water partition coefficient (Wildman–Crippen LogP) is 5.86. The van der Waals surface area contributed by atoms with Crippen LogP contribution >= 0.6 is 0 Å². The first kappa shape index (κ1) is 18.0. The third-order valence-electron chi connectivity index (χ3n) is 6.37. The fraction of sp³-hybridized carbons (Fsp3) is 0.320. The Hall–Kier alpha value is -3.01. The molecule has 148 valence electrons. The first-order valence-electron chi connectivity index (χ1n) is 10.3. The van der Waals surface area contributed by atoms with E-state index in [-0.39, 0.29) is 23.2 Å². The number of benzene rings is 2. The van der Waals surface area contributed by atoms with E-state index in [2.05, 4.69) is 85.9 Å². The first-order chi connectivity index (χ1) is 13.8. The van der Waals surface area contributed by atoms with E-state index < -0.39 is 0 Å². The standard InChI is InChI=1S/C25H27N3O/c1-14-9-19-20(10-15(14)2)28-24(17-13-26-18-8-6-5-7-16(17)18)23-21(27-19)11-25(3,4)12-22(23)29/h5-11,13,23-24,26-28H,12H2,1-4H3/t23-,24+/m1/s1. The minimum atomic E-state index is -0.241. The van der Waals surface area contributed by atoms with E-state index >= 15 is 0 Å². The largest absolute Gasteiger partial charge is 0.375 e. The summed E-state index contributed by atoms with van der Waals surface area (Å²) in [6.45, 7) is 8.52. The van der Waals surface area contributed by atoms with Gasteiger partial charge in [-0.05, 0) is 48.6 Å². The molecule has 0 fully saturated rings. The number of hydrogen-bond acceptors (Lipinski definition) is 3. The van der Waals surface area contributed by atoms with Crippen molar-refractivity contribution in [2.75, 3.05) is 10.6 Å². The van der Waals surface area contributed by atoms with Gasteiger partial charge in [-0.2, -0.15) is 0 Å². The second kappa shape index (κ2) is 6.24. The van der Waals surface area contributed by atoms with E-state index in [1.807, 2.05) is 6.07 Å². The molecular weight excluding hydrogens is 358 g/mol. The van der Waals surface area contributed by atoms with Crippen LogP contribution in [-0.4, -0.2) is 10.8 Å². The van der Waals surface area contributed by atoms with Gasteiger partial charge in [-0.3, -0.25) is 4.79 Å². The van der Waals surface area contributed by atoms with Crippen molar-refractivity contribution in [3.05, 3.63) is 71.1 Å². The highest BCUT2D eigenvalue weighted by molar-refractivity contribution is 5.92. The van der Waals surface area contributed by atoms with Crippen LogP contribution in [0.25, 0.3) is 10.9 Å². The van der Waals surface area contributed by atoms with Crippen LogP contribution in [0.3, 0.4) is 0 Å². The van der Waals surface area contributed by atoms with Crippen LogP contribution in [0.15, 0.2) is 54.4 Å². The Morgan fingerprint density at radius 2 is 1.76 bits per heavy atom. The van der Waals surface area contributed by atoms with E-state index in [1.54, 1.807) is 0 Å². The maximum absolute atomic E-state index is 13.4. The lowest BCUT2D eigenvalue weighted by Crippen LogP contribution is -2.36. The van der Waals surface area contributed by atoms with Crippen molar-refractivity contribution >= 4 is 28.1 Å². The number of fused-ring (bicyclic) bond motifs is 3. The predicted molar refractivity (Wildman–Crippen MR) is 119 cm³/mol. The van der Waals surface area contributed by atoms with E-state index in [1.165, 1.54) is 11.1 Å². The normalized spacial score (nSPS) is 22.8. The number of allylic oxidation sites excluding steroid dienone is 1. The number of aromatic amines is 1. The summed E-state index contributed by atoms with van der Waals surface area (Å²) in [5.41, 5.74) is 7.65.